The summed E-state index contributed by atoms with van der Waals surface area (Å²) in [5.41, 5.74) is 2.96. The van der Waals surface area contributed by atoms with Gasteiger partial charge in [0, 0.05) is 33.1 Å². The third-order valence-electron chi connectivity index (χ3n) is 3.48. The Balaban J connectivity index is 1.81. The minimum atomic E-state index is 0.121. The van der Waals surface area contributed by atoms with Gasteiger partial charge in [-0.05, 0) is 24.3 Å². The first-order valence-corrected chi connectivity index (χ1v) is 7.24. The van der Waals surface area contributed by atoms with Gasteiger partial charge in [-0.1, -0.05) is 42.1 Å². The number of carbonyl (C=O) groups is 1. The van der Waals surface area contributed by atoms with Crippen molar-refractivity contribution in [3.05, 3.63) is 70.8 Å². The average Bonchev–Trinajstić information content (AvgIpc) is 3.03. The number of fused-ring (bicyclic) bond motifs is 2. The van der Waals surface area contributed by atoms with E-state index in [1.165, 1.54) is 0 Å². The van der Waals surface area contributed by atoms with E-state index in [-0.39, 0.29) is 5.78 Å². The van der Waals surface area contributed by atoms with Gasteiger partial charge < -0.3 is 4.98 Å². The van der Waals surface area contributed by atoms with Crippen LogP contribution in [0.4, 0.5) is 0 Å². The highest BCUT2D eigenvalue weighted by molar-refractivity contribution is 8.04. The first-order chi connectivity index (χ1) is 9.83. The van der Waals surface area contributed by atoms with Crippen LogP contribution in [0, 0.1) is 0 Å². The monoisotopic (exact) mass is 277 g/mol. The second kappa shape index (κ2) is 4.39. The van der Waals surface area contributed by atoms with Gasteiger partial charge in [0.1, 0.15) is 0 Å². The molecule has 2 nitrogen and oxygen atoms in total. The summed E-state index contributed by atoms with van der Waals surface area (Å²) in [5.74, 6) is 0.121. The van der Waals surface area contributed by atoms with Crippen molar-refractivity contribution in [2.75, 3.05) is 0 Å². The Labute approximate surface area is 120 Å². The predicted octanol–water partition coefficient (Wildman–Crippen LogP) is 4.50. The van der Waals surface area contributed by atoms with E-state index >= 15 is 0 Å². The topological polar surface area (TPSA) is 32.9 Å². The van der Waals surface area contributed by atoms with Crippen LogP contribution in [0.15, 0.2) is 64.5 Å². The van der Waals surface area contributed by atoms with E-state index in [0.29, 0.717) is 0 Å². The quantitative estimate of drug-likeness (QED) is 0.664. The van der Waals surface area contributed by atoms with Gasteiger partial charge in [0.15, 0.2) is 0 Å². The van der Waals surface area contributed by atoms with Gasteiger partial charge in [0.2, 0.25) is 5.78 Å². The van der Waals surface area contributed by atoms with E-state index in [1.807, 2.05) is 54.7 Å². The van der Waals surface area contributed by atoms with Crippen molar-refractivity contribution >= 4 is 34.5 Å². The molecule has 0 fully saturated rings. The number of hydrogen-bond donors (Lipinski definition) is 1. The summed E-state index contributed by atoms with van der Waals surface area (Å²) in [6.45, 7) is 0. The Morgan fingerprint density at radius 1 is 1.00 bits per heavy atom. The van der Waals surface area contributed by atoms with Gasteiger partial charge in [-0.3, -0.25) is 4.79 Å². The van der Waals surface area contributed by atoms with Crippen molar-refractivity contribution in [3.63, 3.8) is 0 Å². The zero-order valence-corrected chi connectivity index (χ0v) is 11.4. The lowest BCUT2D eigenvalue weighted by molar-refractivity contribution is 0.104. The van der Waals surface area contributed by atoms with Crippen LogP contribution in [0.1, 0.15) is 15.9 Å². The van der Waals surface area contributed by atoms with Gasteiger partial charge in [0.05, 0.1) is 4.91 Å². The fourth-order valence-corrected chi connectivity index (χ4v) is 3.53. The fourth-order valence-electron chi connectivity index (χ4n) is 2.49. The van der Waals surface area contributed by atoms with Crippen molar-refractivity contribution in [2.24, 2.45) is 0 Å². The Kier molecular flexibility index (Phi) is 2.54. The highest BCUT2D eigenvalue weighted by Crippen LogP contribution is 2.41. The highest BCUT2D eigenvalue weighted by atomic mass is 32.2. The number of carbonyl (C=O) groups excluding carboxylic acids is 1. The number of ketones is 1. The molecular weight excluding hydrogens is 266 g/mol. The van der Waals surface area contributed by atoms with Crippen LogP contribution in [0.5, 0.6) is 0 Å². The maximum absolute atomic E-state index is 12.4. The van der Waals surface area contributed by atoms with Crippen LogP contribution in [-0.4, -0.2) is 10.8 Å². The highest BCUT2D eigenvalue weighted by Gasteiger charge is 2.25. The lowest BCUT2D eigenvalue weighted by Gasteiger charge is -1.94. The van der Waals surface area contributed by atoms with E-state index < -0.39 is 0 Å². The minimum Gasteiger partial charge on any atom is -0.361 e. The number of para-hydroxylation sites is 1. The molecule has 2 aromatic carbocycles. The minimum absolute atomic E-state index is 0.121. The lowest BCUT2D eigenvalue weighted by atomic mass is 10.1. The van der Waals surface area contributed by atoms with E-state index in [2.05, 4.69) is 11.1 Å². The molecule has 4 rings (SSSR count). The Morgan fingerprint density at radius 2 is 1.80 bits per heavy atom. The number of hydrogen-bond acceptors (Lipinski definition) is 2. The summed E-state index contributed by atoms with van der Waals surface area (Å²) >= 11 is 1.55. The molecule has 0 atom stereocenters. The molecule has 3 heteroatoms. The fraction of sp³-hybridized carbons (Fsp3) is 0. The standard InChI is InChI=1S/C17H11NOS/c19-17-13-6-2-4-8-15(13)20-16(17)9-11-10-18-14-7-3-1-5-12(11)14/h1-10,18H. The van der Waals surface area contributed by atoms with Crippen molar-refractivity contribution in [1.29, 1.82) is 0 Å². The number of rotatable bonds is 1. The van der Waals surface area contributed by atoms with E-state index in [4.69, 9.17) is 0 Å². The molecule has 96 valence electrons. The zero-order chi connectivity index (χ0) is 13.5. The second-order valence-corrected chi connectivity index (χ2v) is 5.81. The molecule has 0 amide bonds. The summed E-state index contributed by atoms with van der Waals surface area (Å²) in [6, 6.07) is 15.9. The molecule has 0 saturated carbocycles. The van der Waals surface area contributed by atoms with Gasteiger partial charge in [-0.2, -0.15) is 0 Å². The molecule has 0 spiro atoms. The molecule has 0 bridgehead atoms. The van der Waals surface area contributed by atoms with Gasteiger partial charge in [-0.25, -0.2) is 0 Å². The molecular formula is C17H11NOS. The number of H-pyrrole nitrogens is 1. The number of aromatic amines is 1. The molecule has 1 aliphatic rings. The summed E-state index contributed by atoms with van der Waals surface area (Å²) in [7, 11) is 0. The van der Waals surface area contributed by atoms with E-state index in [1.54, 1.807) is 11.8 Å². The van der Waals surface area contributed by atoms with E-state index in [9.17, 15) is 4.79 Å². The number of thioether (sulfide) groups is 1. The molecule has 1 aliphatic heterocycles. The van der Waals surface area contributed by atoms with Crippen LogP contribution in [0.3, 0.4) is 0 Å². The van der Waals surface area contributed by atoms with Crippen LogP contribution in [-0.2, 0) is 0 Å². The van der Waals surface area contributed by atoms with Gasteiger partial charge in [0.25, 0.3) is 0 Å². The average molecular weight is 277 g/mol. The number of Topliss-reactive ketones (excluding diaryl/α,β-unsaturated/α-hetero) is 1. The first-order valence-electron chi connectivity index (χ1n) is 6.42. The van der Waals surface area contributed by atoms with Crippen molar-refractivity contribution < 1.29 is 4.79 Å². The van der Waals surface area contributed by atoms with Crippen molar-refractivity contribution in [1.82, 2.24) is 4.98 Å². The van der Waals surface area contributed by atoms with Crippen LogP contribution in [0.2, 0.25) is 0 Å². The summed E-state index contributed by atoms with van der Waals surface area (Å²) in [5, 5.41) is 1.14. The van der Waals surface area contributed by atoms with Crippen LogP contribution >= 0.6 is 11.8 Å². The SMILES string of the molecule is O=C1C(=Cc2c[nH]c3ccccc23)Sc2ccccc21. The van der Waals surface area contributed by atoms with Crippen LogP contribution < -0.4 is 0 Å². The van der Waals surface area contributed by atoms with Crippen molar-refractivity contribution in [2.45, 2.75) is 4.90 Å². The normalized spacial score (nSPS) is 16.0. The number of aromatic nitrogens is 1. The first kappa shape index (κ1) is 11.6. The van der Waals surface area contributed by atoms with Crippen LogP contribution in [0.25, 0.3) is 17.0 Å². The number of allylic oxidation sites excluding steroid dienone is 1. The molecule has 1 aromatic heterocycles. The largest absolute Gasteiger partial charge is 0.361 e. The van der Waals surface area contributed by atoms with Crippen molar-refractivity contribution in [3.8, 4) is 0 Å². The molecule has 0 saturated heterocycles. The lowest BCUT2D eigenvalue weighted by Crippen LogP contribution is -1.93. The molecule has 0 aliphatic carbocycles. The molecule has 20 heavy (non-hydrogen) atoms. The molecule has 3 aromatic rings. The third kappa shape index (κ3) is 1.71. The Bertz CT molecular complexity index is 860. The predicted molar refractivity (Wildman–Crippen MR) is 82.9 cm³/mol. The molecule has 0 unspecified atom stereocenters. The zero-order valence-electron chi connectivity index (χ0n) is 10.6. The summed E-state index contributed by atoms with van der Waals surface area (Å²) in [6.07, 6.45) is 3.93. The molecule has 2 heterocycles. The number of benzene rings is 2. The maximum Gasteiger partial charge on any atom is 0.200 e. The molecule has 1 N–H and O–H groups in total. The van der Waals surface area contributed by atoms with Gasteiger partial charge >= 0.3 is 0 Å². The Hall–Kier alpha value is -2.26. The molecule has 0 radical (unpaired) electrons. The summed E-state index contributed by atoms with van der Waals surface area (Å²) < 4.78 is 0. The third-order valence-corrected chi connectivity index (χ3v) is 4.58. The smallest absolute Gasteiger partial charge is 0.200 e. The summed E-state index contributed by atoms with van der Waals surface area (Å²) in [4.78, 5) is 17.4. The Morgan fingerprint density at radius 3 is 2.70 bits per heavy atom. The number of nitrogens with one attached hydrogen (secondary N) is 1. The second-order valence-electron chi connectivity index (χ2n) is 4.73. The van der Waals surface area contributed by atoms with Gasteiger partial charge in [-0.15, -0.1) is 0 Å². The van der Waals surface area contributed by atoms with E-state index in [0.717, 1.165) is 31.8 Å². The maximum atomic E-state index is 12.4.